The molecule has 0 bridgehead atoms. The number of methoxy groups -OCH3 is 1. The molecule has 1 atom stereocenters. The lowest BCUT2D eigenvalue weighted by Crippen LogP contribution is -2.56. The Morgan fingerprint density at radius 1 is 1.03 bits per heavy atom. The minimum atomic E-state index is -0.683. The van der Waals surface area contributed by atoms with Gasteiger partial charge in [-0.3, -0.25) is 24.2 Å². The van der Waals surface area contributed by atoms with Crippen LogP contribution >= 0.6 is 0 Å². The second-order valence-electron chi connectivity index (χ2n) is 8.86. The number of ether oxygens (including phenoxy) is 1. The molecular weight excluding hydrogens is 474 g/mol. The van der Waals surface area contributed by atoms with E-state index >= 15 is 0 Å². The summed E-state index contributed by atoms with van der Waals surface area (Å²) in [5.74, 6) is -1.09. The van der Waals surface area contributed by atoms with Crippen LogP contribution in [0.3, 0.4) is 0 Å². The second-order valence-corrected chi connectivity index (χ2v) is 8.86. The van der Waals surface area contributed by atoms with E-state index in [1.54, 1.807) is 23.1 Å². The van der Waals surface area contributed by atoms with Crippen LogP contribution in [-0.4, -0.2) is 75.1 Å². The number of pyridine rings is 2. The van der Waals surface area contributed by atoms with Gasteiger partial charge in [-0.05, 0) is 25.1 Å². The summed E-state index contributed by atoms with van der Waals surface area (Å²) in [6.07, 6.45) is 4.49. The molecule has 1 fully saturated rings. The SMILES string of the molecule is COc1cnc(-c2ccc(=O)[nH]c2)c2[nH]cc(C(=O)C(=O)N3CCN(C(=O)c4ccccc4)C[C@H]3C)c12. The number of nitrogens with zero attached hydrogens (tertiary/aromatic N) is 3. The van der Waals surface area contributed by atoms with Gasteiger partial charge in [0.25, 0.3) is 17.6 Å². The molecule has 0 saturated carbocycles. The van der Waals surface area contributed by atoms with E-state index in [1.165, 1.54) is 36.7 Å². The number of ketones is 1. The number of aromatic amines is 2. The van der Waals surface area contributed by atoms with Gasteiger partial charge < -0.3 is 24.5 Å². The molecule has 37 heavy (non-hydrogen) atoms. The summed E-state index contributed by atoms with van der Waals surface area (Å²) < 4.78 is 5.45. The van der Waals surface area contributed by atoms with Gasteiger partial charge in [-0.2, -0.15) is 0 Å². The largest absolute Gasteiger partial charge is 0.494 e. The summed E-state index contributed by atoms with van der Waals surface area (Å²) in [7, 11) is 1.46. The van der Waals surface area contributed by atoms with Crippen molar-refractivity contribution < 1.29 is 19.1 Å². The van der Waals surface area contributed by atoms with Gasteiger partial charge in [-0.15, -0.1) is 0 Å². The summed E-state index contributed by atoms with van der Waals surface area (Å²) in [6, 6.07) is 11.6. The van der Waals surface area contributed by atoms with Crippen LogP contribution < -0.4 is 10.3 Å². The van der Waals surface area contributed by atoms with Crippen LogP contribution in [0.15, 0.2) is 65.8 Å². The first-order valence-electron chi connectivity index (χ1n) is 11.8. The standard InChI is InChI=1S/C27H25N5O5/c1-16-15-31(26(35)17-6-4-3-5-7-17)10-11-32(16)27(36)25(34)19-13-29-24-22(19)20(37-2)14-30-23(24)18-8-9-21(33)28-12-18/h3-9,12-14,16,29H,10-11,15H2,1-2H3,(H,28,33)/t16-/m1/s1. The van der Waals surface area contributed by atoms with Crippen molar-refractivity contribution in [2.45, 2.75) is 13.0 Å². The second kappa shape index (κ2) is 9.73. The smallest absolute Gasteiger partial charge is 0.295 e. The van der Waals surface area contributed by atoms with E-state index in [0.717, 1.165) is 0 Å². The fraction of sp³-hybridized carbons (Fsp3) is 0.222. The lowest BCUT2D eigenvalue weighted by molar-refractivity contribution is -0.130. The maximum absolute atomic E-state index is 13.4. The van der Waals surface area contributed by atoms with Gasteiger partial charge in [-0.25, -0.2) is 0 Å². The highest BCUT2D eigenvalue weighted by Gasteiger charge is 2.35. The third-order valence-corrected chi connectivity index (χ3v) is 6.59. The highest BCUT2D eigenvalue weighted by molar-refractivity contribution is 6.45. The van der Waals surface area contributed by atoms with E-state index in [-0.39, 0.29) is 29.6 Å². The molecule has 4 aromatic rings. The van der Waals surface area contributed by atoms with Gasteiger partial charge in [0.2, 0.25) is 5.56 Å². The molecule has 4 heterocycles. The minimum Gasteiger partial charge on any atom is -0.494 e. The van der Waals surface area contributed by atoms with Crippen LogP contribution in [0.25, 0.3) is 22.2 Å². The molecule has 2 amide bonds. The summed E-state index contributed by atoms with van der Waals surface area (Å²) in [6.45, 7) is 2.72. The van der Waals surface area contributed by atoms with Gasteiger partial charge in [0.1, 0.15) is 5.75 Å². The van der Waals surface area contributed by atoms with Gasteiger partial charge in [-0.1, -0.05) is 18.2 Å². The molecule has 0 aliphatic carbocycles. The highest BCUT2D eigenvalue weighted by Crippen LogP contribution is 2.34. The van der Waals surface area contributed by atoms with E-state index < -0.39 is 11.7 Å². The molecule has 10 heteroatoms. The maximum Gasteiger partial charge on any atom is 0.295 e. The molecule has 1 aliphatic heterocycles. The van der Waals surface area contributed by atoms with Crippen molar-refractivity contribution in [3.8, 4) is 17.0 Å². The maximum atomic E-state index is 13.4. The fourth-order valence-electron chi connectivity index (χ4n) is 4.68. The third kappa shape index (κ3) is 4.37. The monoisotopic (exact) mass is 499 g/mol. The number of aromatic nitrogens is 3. The summed E-state index contributed by atoms with van der Waals surface area (Å²) in [5, 5.41) is 0.433. The van der Waals surface area contributed by atoms with Crippen molar-refractivity contribution in [1.29, 1.82) is 0 Å². The predicted octanol–water partition coefficient (Wildman–Crippen LogP) is 2.48. The Kier molecular flexibility index (Phi) is 6.31. The molecule has 3 aromatic heterocycles. The number of hydrogen-bond acceptors (Lipinski definition) is 6. The number of amides is 2. The zero-order chi connectivity index (χ0) is 26.1. The first-order chi connectivity index (χ1) is 17.9. The quantitative estimate of drug-likeness (QED) is 0.321. The van der Waals surface area contributed by atoms with E-state index in [1.807, 2.05) is 25.1 Å². The number of nitrogens with one attached hydrogen (secondary N) is 2. The molecule has 1 aliphatic rings. The number of Topliss-reactive ketones (excluding diaryl/α,β-unsaturated/α-hetero) is 1. The molecule has 1 saturated heterocycles. The Hall–Kier alpha value is -4.73. The van der Waals surface area contributed by atoms with E-state index in [2.05, 4.69) is 15.0 Å². The van der Waals surface area contributed by atoms with Gasteiger partial charge >= 0.3 is 0 Å². The lowest BCUT2D eigenvalue weighted by Gasteiger charge is -2.39. The average Bonchev–Trinajstić information content (AvgIpc) is 3.38. The predicted molar refractivity (Wildman–Crippen MR) is 137 cm³/mol. The minimum absolute atomic E-state index is 0.102. The number of carbonyl (C=O) groups excluding carboxylic acids is 3. The molecule has 10 nitrogen and oxygen atoms in total. The van der Waals surface area contributed by atoms with Crippen LogP contribution in [0, 0.1) is 0 Å². The zero-order valence-corrected chi connectivity index (χ0v) is 20.4. The zero-order valence-electron chi connectivity index (χ0n) is 20.4. The van der Waals surface area contributed by atoms with Gasteiger partial charge in [0.05, 0.1) is 35.5 Å². The van der Waals surface area contributed by atoms with E-state index in [9.17, 15) is 19.2 Å². The Balaban J connectivity index is 1.41. The Bertz CT molecular complexity index is 1540. The number of benzene rings is 1. The third-order valence-electron chi connectivity index (χ3n) is 6.59. The number of piperazine rings is 1. The topological polar surface area (TPSA) is 128 Å². The Morgan fingerprint density at radius 3 is 2.49 bits per heavy atom. The number of hydrogen-bond donors (Lipinski definition) is 2. The number of rotatable bonds is 5. The normalized spacial score (nSPS) is 15.6. The Morgan fingerprint density at radius 2 is 1.81 bits per heavy atom. The van der Waals surface area contributed by atoms with Crippen molar-refractivity contribution in [3.63, 3.8) is 0 Å². The van der Waals surface area contributed by atoms with E-state index in [4.69, 9.17) is 4.74 Å². The fourth-order valence-corrected chi connectivity index (χ4v) is 4.68. The van der Waals surface area contributed by atoms with Crippen molar-refractivity contribution in [3.05, 3.63) is 82.5 Å². The van der Waals surface area contributed by atoms with Crippen molar-refractivity contribution >= 4 is 28.5 Å². The number of fused-ring (bicyclic) bond motifs is 1. The first kappa shape index (κ1) is 24.0. The molecule has 0 spiro atoms. The molecule has 188 valence electrons. The number of H-pyrrole nitrogens is 2. The van der Waals surface area contributed by atoms with E-state index in [0.29, 0.717) is 46.6 Å². The molecule has 0 unspecified atom stereocenters. The van der Waals surface area contributed by atoms with Crippen LogP contribution in [0.5, 0.6) is 5.75 Å². The van der Waals surface area contributed by atoms with Crippen molar-refractivity contribution in [2.24, 2.45) is 0 Å². The average molecular weight is 500 g/mol. The van der Waals surface area contributed by atoms with Gasteiger partial charge in [0.15, 0.2) is 0 Å². The molecule has 0 radical (unpaired) electrons. The van der Waals surface area contributed by atoms with Crippen LogP contribution in [0.1, 0.15) is 27.6 Å². The van der Waals surface area contributed by atoms with Crippen LogP contribution in [-0.2, 0) is 4.79 Å². The van der Waals surface area contributed by atoms with Gasteiger partial charge in [0, 0.05) is 55.3 Å². The molecular formula is C27H25N5O5. The summed E-state index contributed by atoms with van der Waals surface area (Å²) in [4.78, 5) is 64.4. The molecule has 2 N–H and O–H groups in total. The van der Waals surface area contributed by atoms with Crippen molar-refractivity contribution in [1.82, 2.24) is 24.8 Å². The summed E-state index contributed by atoms with van der Waals surface area (Å²) >= 11 is 0. The number of carbonyl (C=O) groups is 3. The van der Waals surface area contributed by atoms with Crippen LogP contribution in [0.4, 0.5) is 0 Å². The molecule has 5 rings (SSSR count). The Labute approximate surface area is 211 Å². The van der Waals surface area contributed by atoms with Crippen LogP contribution in [0.2, 0.25) is 0 Å². The highest BCUT2D eigenvalue weighted by atomic mass is 16.5. The lowest BCUT2D eigenvalue weighted by atomic mass is 10.0. The first-order valence-corrected chi connectivity index (χ1v) is 11.8. The summed E-state index contributed by atoms with van der Waals surface area (Å²) in [5.41, 5.74) is 2.14. The van der Waals surface area contributed by atoms with Crippen molar-refractivity contribution in [2.75, 3.05) is 26.7 Å². The molecule has 1 aromatic carbocycles.